The van der Waals surface area contributed by atoms with Crippen LogP contribution in [0, 0.1) is 0 Å². The third kappa shape index (κ3) is 3.54. The van der Waals surface area contributed by atoms with Crippen molar-refractivity contribution < 1.29 is 4.74 Å². The van der Waals surface area contributed by atoms with E-state index in [4.69, 9.17) is 10.5 Å². The molecule has 3 N–H and O–H groups in total. The van der Waals surface area contributed by atoms with Crippen LogP contribution in [0.5, 0.6) is 6.01 Å². The molecule has 0 saturated carbocycles. The summed E-state index contributed by atoms with van der Waals surface area (Å²) in [5.41, 5.74) is 6.42. The van der Waals surface area contributed by atoms with Crippen molar-refractivity contribution in [3.05, 3.63) is 27.1 Å². The van der Waals surface area contributed by atoms with E-state index in [1.54, 1.807) is 0 Å². The number of benzene rings is 1. The Morgan fingerprint density at radius 2 is 1.89 bits per heavy atom. The van der Waals surface area contributed by atoms with Crippen molar-refractivity contribution in [2.24, 2.45) is 0 Å². The first kappa shape index (κ1) is 14.0. The number of nitrogens with zero attached hydrogens (tertiary/aromatic N) is 3. The number of anilines is 3. The molecule has 0 aliphatic heterocycles. The number of nitrogens with two attached hydrogens (primary N) is 1. The van der Waals surface area contributed by atoms with Gasteiger partial charge in [-0.3, -0.25) is 0 Å². The predicted octanol–water partition coefficient (Wildman–Crippen LogP) is 3.12. The molecule has 8 heteroatoms. The summed E-state index contributed by atoms with van der Waals surface area (Å²) in [5, 5.41) is 3.06. The van der Waals surface area contributed by atoms with E-state index in [9.17, 15) is 0 Å². The molecule has 0 aliphatic rings. The van der Waals surface area contributed by atoms with Crippen LogP contribution in [0.15, 0.2) is 27.1 Å². The Kier molecular flexibility index (Phi) is 4.54. The highest BCUT2D eigenvalue weighted by Crippen LogP contribution is 2.32. The lowest BCUT2D eigenvalue weighted by Crippen LogP contribution is -2.07. The fourth-order valence-corrected chi connectivity index (χ4v) is 2.55. The Labute approximate surface area is 127 Å². The molecule has 0 bridgehead atoms. The smallest absolute Gasteiger partial charge is 0.323 e. The highest BCUT2D eigenvalue weighted by Gasteiger charge is 2.09. The Hall–Kier alpha value is -1.41. The normalized spacial score (nSPS) is 10.3. The second-order valence-corrected chi connectivity index (χ2v) is 5.16. The minimum absolute atomic E-state index is 0.101. The van der Waals surface area contributed by atoms with Crippen molar-refractivity contribution in [3.8, 4) is 6.01 Å². The molecule has 0 aliphatic carbocycles. The average Bonchev–Trinajstić information content (AvgIpc) is 2.34. The molecule has 0 radical (unpaired) electrons. The number of ether oxygens (including phenoxy) is 1. The van der Waals surface area contributed by atoms with Gasteiger partial charge in [-0.2, -0.15) is 15.0 Å². The summed E-state index contributed by atoms with van der Waals surface area (Å²) in [6.07, 6.45) is 0. The molecule has 0 unspecified atom stereocenters. The zero-order chi connectivity index (χ0) is 13.8. The molecule has 0 spiro atoms. The summed E-state index contributed by atoms with van der Waals surface area (Å²) in [6, 6.07) is 5.91. The number of hydrogen-bond acceptors (Lipinski definition) is 6. The zero-order valence-electron chi connectivity index (χ0n) is 10.0. The lowest BCUT2D eigenvalue weighted by molar-refractivity contribution is 0.312. The minimum Gasteiger partial charge on any atom is -0.464 e. The van der Waals surface area contributed by atoms with Gasteiger partial charge < -0.3 is 15.8 Å². The van der Waals surface area contributed by atoms with Gasteiger partial charge in [-0.25, -0.2) is 0 Å². The lowest BCUT2D eigenvalue weighted by atomic mass is 10.3. The Bertz CT molecular complexity index is 573. The molecule has 2 rings (SSSR count). The van der Waals surface area contributed by atoms with E-state index in [-0.39, 0.29) is 12.0 Å². The van der Waals surface area contributed by atoms with E-state index in [1.807, 2.05) is 25.1 Å². The standard InChI is InChI=1S/C11H11Br2N5O/c1-2-19-11-17-9(14)16-10(18-11)15-8-6(12)4-3-5-7(8)13/h3-5H,2H2,1H3,(H3,14,15,16,17,18). The van der Waals surface area contributed by atoms with E-state index in [0.717, 1.165) is 14.6 Å². The summed E-state index contributed by atoms with van der Waals surface area (Å²) in [7, 11) is 0. The number of nitrogens with one attached hydrogen (secondary N) is 1. The van der Waals surface area contributed by atoms with Gasteiger partial charge in [0.2, 0.25) is 11.9 Å². The van der Waals surface area contributed by atoms with Gasteiger partial charge in [-0.1, -0.05) is 6.07 Å². The second kappa shape index (κ2) is 6.16. The van der Waals surface area contributed by atoms with Crippen LogP contribution in [0.25, 0.3) is 0 Å². The molecule has 0 amide bonds. The van der Waals surface area contributed by atoms with Crippen LogP contribution in [0.3, 0.4) is 0 Å². The van der Waals surface area contributed by atoms with E-state index in [0.29, 0.717) is 12.6 Å². The molecular weight excluding hydrogens is 378 g/mol. The van der Waals surface area contributed by atoms with Crippen LogP contribution in [-0.2, 0) is 0 Å². The van der Waals surface area contributed by atoms with Gasteiger partial charge in [-0.15, -0.1) is 0 Å². The largest absolute Gasteiger partial charge is 0.464 e. The molecule has 1 aromatic heterocycles. The number of halogens is 2. The van der Waals surface area contributed by atoms with Crippen molar-refractivity contribution in [1.82, 2.24) is 15.0 Å². The number of hydrogen-bond donors (Lipinski definition) is 2. The van der Waals surface area contributed by atoms with Crippen LogP contribution in [-0.4, -0.2) is 21.6 Å². The van der Waals surface area contributed by atoms with Gasteiger partial charge >= 0.3 is 6.01 Å². The lowest BCUT2D eigenvalue weighted by Gasteiger charge is -2.10. The van der Waals surface area contributed by atoms with Gasteiger partial charge in [0.1, 0.15) is 0 Å². The molecule has 1 heterocycles. The van der Waals surface area contributed by atoms with E-state index in [2.05, 4.69) is 52.1 Å². The van der Waals surface area contributed by atoms with Crippen LogP contribution >= 0.6 is 31.9 Å². The predicted molar refractivity (Wildman–Crippen MR) is 80.5 cm³/mol. The second-order valence-electron chi connectivity index (χ2n) is 3.45. The first-order valence-corrected chi connectivity index (χ1v) is 7.04. The first-order valence-electron chi connectivity index (χ1n) is 5.45. The summed E-state index contributed by atoms with van der Waals surface area (Å²) in [6.45, 7) is 2.30. The molecular formula is C11H11Br2N5O. The van der Waals surface area contributed by atoms with Crippen LogP contribution in [0.1, 0.15) is 6.92 Å². The van der Waals surface area contributed by atoms with Crippen LogP contribution in [0.4, 0.5) is 17.6 Å². The minimum atomic E-state index is 0.101. The maximum atomic E-state index is 5.61. The van der Waals surface area contributed by atoms with Crippen LogP contribution < -0.4 is 15.8 Å². The fourth-order valence-electron chi connectivity index (χ4n) is 1.35. The average molecular weight is 389 g/mol. The summed E-state index contributed by atoms with van der Waals surface area (Å²) in [4.78, 5) is 12.0. The summed E-state index contributed by atoms with van der Waals surface area (Å²) < 4.78 is 6.97. The summed E-state index contributed by atoms with van der Waals surface area (Å²) in [5.74, 6) is 0.424. The third-order valence-corrected chi connectivity index (χ3v) is 3.43. The van der Waals surface area contributed by atoms with Crippen molar-refractivity contribution in [3.63, 3.8) is 0 Å². The van der Waals surface area contributed by atoms with Crippen molar-refractivity contribution >= 4 is 49.4 Å². The molecule has 6 nitrogen and oxygen atoms in total. The van der Waals surface area contributed by atoms with E-state index in [1.165, 1.54) is 0 Å². The van der Waals surface area contributed by atoms with Crippen molar-refractivity contribution in [2.75, 3.05) is 17.7 Å². The first-order chi connectivity index (χ1) is 9.10. The number of para-hydroxylation sites is 1. The molecule has 1 aromatic carbocycles. The molecule has 0 saturated heterocycles. The van der Waals surface area contributed by atoms with Gasteiger partial charge in [0, 0.05) is 8.95 Å². The van der Waals surface area contributed by atoms with Gasteiger partial charge in [-0.05, 0) is 50.9 Å². The molecule has 0 atom stereocenters. The van der Waals surface area contributed by atoms with Gasteiger partial charge in [0.25, 0.3) is 0 Å². The molecule has 19 heavy (non-hydrogen) atoms. The SMILES string of the molecule is CCOc1nc(N)nc(Nc2c(Br)cccc2Br)n1. The third-order valence-electron chi connectivity index (χ3n) is 2.11. The van der Waals surface area contributed by atoms with Gasteiger partial charge in [0.15, 0.2) is 0 Å². The zero-order valence-corrected chi connectivity index (χ0v) is 13.2. The highest BCUT2D eigenvalue weighted by molar-refractivity contribution is 9.11. The maximum Gasteiger partial charge on any atom is 0.323 e. The van der Waals surface area contributed by atoms with Crippen molar-refractivity contribution in [2.45, 2.75) is 6.92 Å². The Morgan fingerprint density at radius 3 is 2.53 bits per heavy atom. The van der Waals surface area contributed by atoms with E-state index < -0.39 is 0 Å². The Morgan fingerprint density at radius 1 is 1.21 bits per heavy atom. The van der Waals surface area contributed by atoms with Crippen molar-refractivity contribution in [1.29, 1.82) is 0 Å². The fraction of sp³-hybridized carbons (Fsp3) is 0.182. The number of aromatic nitrogens is 3. The summed E-state index contributed by atoms with van der Waals surface area (Å²) >= 11 is 6.89. The number of nitrogen functional groups attached to an aromatic ring is 1. The number of rotatable bonds is 4. The van der Waals surface area contributed by atoms with Gasteiger partial charge in [0.05, 0.1) is 12.3 Å². The maximum absolute atomic E-state index is 5.61. The Balaban J connectivity index is 2.33. The highest BCUT2D eigenvalue weighted by atomic mass is 79.9. The quantitative estimate of drug-likeness (QED) is 0.836. The monoisotopic (exact) mass is 387 g/mol. The molecule has 2 aromatic rings. The molecule has 100 valence electrons. The van der Waals surface area contributed by atoms with E-state index >= 15 is 0 Å². The van der Waals surface area contributed by atoms with Crippen LogP contribution in [0.2, 0.25) is 0 Å². The topological polar surface area (TPSA) is 86.0 Å². The molecule has 0 fully saturated rings.